The summed E-state index contributed by atoms with van der Waals surface area (Å²) in [7, 11) is 3.38. The zero-order chi connectivity index (χ0) is 37.6. The Kier molecular flexibility index (Phi) is 17.8. The van der Waals surface area contributed by atoms with Crippen molar-refractivity contribution < 1.29 is 60.6 Å². The molecule has 18 atom stereocenters. The van der Waals surface area contributed by atoms with Crippen LogP contribution in [0.25, 0.3) is 0 Å². The van der Waals surface area contributed by atoms with Crippen LogP contribution >= 0.6 is 14.1 Å². The maximum Gasteiger partial charge on any atom is 0.328 e. The Balaban J connectivity index is 0.000000270. The zero-order valence-corrected chi connectivity index (χ0v) is 35.3. The zero-order valence-electron chi connectivity index (χ0n) is 32.7. The lowest BCUT2D eigenvalue weighted by Crippen LogP contribution is -2.33. The largest absolute Gasteiger partial charge is 0.382 e. The number of ether oxygens (including phenoxy) is 8. The second-order valence-corrected chi connectivity index (χ2v) is 20.6. The molecule has 0 aromatic rings. The van der Waals surface area contributed by atoms with Gasteiger partial charge in [0, 0.05) is 65.4 Å². The van der Waals surface area contributed by atoms with E-state index >= 15 is 0 Å². The molecular formula is C34H66O13P2S. The van der Waals surface area contributed by atoms with Crippen molar-refractivity contribution in [3.8, 4) is 0 Å². The van der Waals surface area contributed by atoms with Crippen LogP contribution in [-0.2, 0) is 72.4 Å². The van der Waals surface area contributed by atoms with Crippen molar-refractivity contribution in [3.05, 3.63) is 0 Å². The van der Waals surface area contributed by atoms with E-state index in [1.807, 2.05) is 27.4 Å². The highest BCUT2D eigenvalue weighted by Crippen LogP contribution is 2.51. The van der Waals surface area contributed by atoms with Crippen LogP contribution in [0.15, 0.2) is 0 Å². The van der Waals surface area contributed by atoms with Gasteiger partial charge in [-0.1, -0.05) is 27.7 Å². The molecule has 13 nitrogen and oxygen atoms in total. The lowest BCUT2D eigenvalue weighted by atomic mass is 9.99. The Bertz CT molecular complexity index is 1040. The van der Waals surface area contributed by atoms with Gasteiger partial charge in [-0.3, -0.25) is 4.57 Å². The molecule has 4 aliphatic rings. The van der Waals surface area contributed by atoms with E-state index in [1.54, 1.807) is 28.4 Å². The summed E-state index contributed by atoms with van der Waals surface area (Å²) in [5.74, 6) is 0.919. The summed E-state index contributed by atoms with van der Waals surface area (Å²) in [4.78, 5) is 0. The van der Waals surface area contributed by atoms with Crippen LogP contribution in [0.1, 0.15) is 55.4 Å². The van der Waals surface area contributed by atoms with E-state index in [9.17, 15) is 4.57 Å². The molecule has 0 saturated carbocycles. The van der Waals surface area contributed by atoms with Gasteiger partial charge in [0.05, 0.1) is 69.2 Å². The van der Waals surface area contributed by atoms with E-state index < -0.39 is 14.1 Å². The molecule has 0 amide bonds. The van der Waals surface area contributed by atoms with Gasteiger partial charge >= 0.3 is 7.60 Å². The maximum absolute atomic E-state index is 12.8. The highest BCUT2D eigenvalue weighted by atomic mass is 32.5. The predicted molar refractivity (Wildman–Crippen MR) is 195 cm³/mol. The molecule has 0 spiro atoms. The Morgan fingerprint density at radius 2 is 0.820 bits per heavy atom. The first-order valence-electron chi connectivity index (χ1n) is 17.9. The molecule has 50 heavy (non-hydrogen) atoms. The first-order chi connectivity index (χ1) is 23.4. The fourth-order valence-electron chi connectivity index (χ4n) is 7.18. The SMILES string of the molecule is COCC1OC(C)C(C)C1OP(C)(=O)OCC1OC(C)C(C)C1OC.COCC1OC(C)C(C)C1OP(C)(=S)OCC1OC(C)C(C)C1OC. The summed E-state index contributed by atoms with van der Waals surface area (Å²) in [5, 5.41) is 0. The van der Waals surface area contributed by atoms with E-state index in [1.165, 1.54) is 6.66 Å². The summed E-state index contributed by atoms with van der Waals surface area (Å²) in [5.41, 5.74) is 0. The molecule has 4 heterocycles. The highest BCUT2D eigenvalue weighted by Gasteiger charge is 2.46. The second kappa shape index (κ2) is 19.8. The minimum atomic E-state index is -3.27. The first kappa shape index (κ1) is 44.8. The van der Waals surface area contributed by atoms with Gasteiger partial charge in [0.1, 0.15) is 30.5 Å². The predicted octanol–water partition coefficient (Wildman–Crippen LogP) is 5.56. The van der Waals surface area contributed by atoms with Crippen molar-refractivity contribution >= 4 is 25.9 Å². The molecule has 4 saturated heterocycles. The smallest absolute Gasteiger partial charge is 0.328 e. The first-order valence-corrected chi connectivity index (χ1v) is 22.9. The average Bonchev–Trinajstić information content (AvgIpc) is 3.68. The van der Waals surface area contributed by atoms with Crippen molar-refractivity contribution in [1.29, 1.82) is 0 Å². The number of hydrogen-bond donors (Lipinski definition) is 0. The molecule has 0 N–H and O–H groups in total. The number of methoxy groups -OCH3 is 4. The molecule has 0 bridgehead atoms. The minimum absolute atomic E-state index is 0.0139. The van der Waals surface area contributed by atoms with Crippen molar-refractivity contribution in [2.45, 2.75) is 129 Å². The Morgan fingerprint density at radius 3 is 1.18 bits per heavy atom. The fourth-order valence-corrected chi connectivity index (χ4v) is 10.2. The summed E-state index contributed by atoms with van der Waals surface area (Å²) >= 11 is 5.65. The van der Waals surface area contributed by atoms with Gasteiger partial charge in [0.15, 0.2) is 6.49 Å². The van der Waals surface area contributed by atoms with Gasteiger partial charge in [-0.05, 0) is 39.5 Å². The number of hydrogen-bond acceptors (Lipinski definition) is 14. The summed E-state index contributed by atoms with van der Waals surface area (Å²) in [6, 6.07) is 0. The van der Waals surface area contributed by atoms with Crippen LogP contribution in [-0.4, -0.2) is 141 Å². The molecule has 0 aromatic heterocycles. The molecule has 0 aliphatic carbocycles. The highest BCUT2D eigenvalue weighted by molar-refractivity contribution is 8.09. The molecular weight excluding hydrogens is 710 g/mol. The van der Waals surface area contributed by atoms with Crippen LogP contribution in [0.5, 0.6) is 0 Å². The van der Waals surface area contributed by atoms with Crippen LogP contribution in [0.4, 0.5) is 0 Å². The third-order valence-electron chi connectivity index (χ3n) is 10.8. The molecule has 18 unspecified atom stereocenters. The van der Waals surface area contributed by atoms with Crippen LogP contribution in [0, 0.1) is 23.7 Å². The molecule has 0 radical (unpaired) electrons. The molecule has 16 heteroatoms. The van der Waals surface area contributed by atoms with Crippen molar-refractivity contribution in [2.24, 2.45) is 23.7 Å². The summed E-state index contributed by atoms with van der Waals surface area (Å²) < 4.78 is 81.8. The van der Waals surface area contributed by atoms with Gasteiger partial charge in [0.2, 0.25) is 0 Å². The van der Waals surface area contributed by atoms with E-state index in [-0.39, 0.29) is 97.6 Å². The van der Waals surface area contributed by atoms with Gasteiger partial charge in [-0.2, -0.15) is 0 Å². The molecule has 0 aromatic carbocycles. The second-order valence-electron chi connectivity index (χ2n) is 14.5. The molecule has 296 valence electrons. The molecule has 4 rings (SSSR count). The molecule has 4 fully saturated rings. The van der Waals surface area contributed by atoms with Crippen molar-refractivity contribution in [2.75, 3.05) is 68.2 Å². The lowest BCUT2D eigenvalue weighted by molar-refractivity contribution is -0.0384. The van der Waals surface area contributed by atoms with E-state index in [4.69, 9.17) is 67.8 Å². The van der Waals surface area contributed by atoms with Crippen LogP contribution < -0.4 is 0 Å². The van der Waals surface area contributed by atoms with Crippen molar-refractivity contribution in [3.63, 3.8) is 0 Å². The van der Waals surface area contributed by atoms with Crippen molar-refractivity contribution in [1.82, 2.24) is 0 Å². The van der Waals surface area contributed by atoms with Gasteiger partial charge in [-0.25, -0.2) is 0 Å². The van der Waals surface area contributed by atoms with Crippen LogP contribution in [0.3, 0.4) is 0 Å². The summed E-state index contributed by atoms with van der Waals surface area (Å²) in [6.45, 7) is 18.8. The third-order valence-corrected chi connectivity index (χ3v) is 13.9. The quantitative estimate of drug-likeness (QED) is 0.182. The third kappa shape index (κ3) is 11.7. The summed E-state index contributed by atoms with van der Waals surface area (Å²) in [6.07, 6.45) is -0.903. The van der Waals surface area contributed by atoms with Gasteiger partial charge in [0.25, 0.3) is 0 Å². The average molecular weight is 777 g/mol. The number of rotatable bonds is 16. The van der Waals surface area contributed by atoms with Gasteiger partial charge in [-0.15, -0.1) is 0 Å². The fraction of sp³-hybridized carbons (Fsp3) is 1.00. The topological polar surface area (TPSA) is 128 Å². The minimum Gasteiger partial charge on any atom is -0.382 e. The van der Waals surface area contributed by atoms with Crippen LogP contribution in [0.2, 0.25) is 0 Å². The van der Waals surface area contributed by atoms with Gasteiger partial charge < -0.3 is 56.0 Å². The Hall–Kier alpha value is 0.400. The normalized spacial score (nSPS) is 44.1. The lowest BCUT2D eigenvalue weighted by Gasteiger charge is -2.29. The van der Waals surface area contributed by atoms with E-state index in [2.05, 4.69) is 34.6 Å². The Morgan fingerprint density at radius 1 is 0.500 bits per heavy atom. The Labute approximate surface area is 306 Å². The maximum atomic E-state index is 12.8. The van der Waals surface area contributed by atoms with E-state index in [0.717, 1.165) is 0 Å². The monoisotopic (exact) mass is 776 g/mol. The molecule has 4 aliphatic heterocycles. The van der Waals surface area contributed by atoms with E-state index in [0.29, 0.717) is 25.7 Å². The standard InChI is InChI=1S/C17H33O7P.C17H33O6PS/c1-10-12(3)23-15(16(10)20-6)9-21-25(7,18)24-17-11(2)13(4)22-14(17)8-19-5;1-10-12(3)22-15(16(10)19-6)9-20-24(7,25)23-17-11(2)13(4)21-14(17)8-18-5/h2*10-17H,8-9H2,1-7H3.